The zero-order valence-electron chi connectivity index (χ0n) is 42.7. The molecule has 0 aliphatic carbocycles. The van der Waals surface area contributed by atoms with Crippen LogP contribution in [0.5, 0.6) is 0 Å². The van der Waals surface area contributed by atoms with E-state index in [1.807, 2.05) is 36.5 Å². The molecule has 1 atom stereocenters. The lowest BCUT2D eigenvalue weighted by atomic mass is 10.1. The molecule has 0 aromatic carbocycles. The maximum Gasteiger partial charge on any atom is 0.306 e. The van der Waals surface area contributed by atoms with Gasteiger partial charge in [-0.25, -0.2) is 0 Å². The molecule has 0 fully saturated rings. The Balaban J connectivity index is 4.44. The summed E-state index contributed by atoms with van der Waals surface area (Å²) in [6, 6.07) is 0. The fourth-order valence-corrected chi connectivity index (χ4v) is 7.10. The van der Waals surface area contributed by atoms with Crippen molar-refractivity contribution in [1.29, 1.82) is 0 Å². The van der Waals surface area contributed by atoms with Crippen LogP contribution < -0.4 is 0 Å². The number of carbonyl (C=O) groups excluding carboxylic acids is 3. The number of carbonyl (C=O) groups is 3. The summed E-state index contributed by atoms with van der Waals surface area (Å²) >= 11 is 0. The molecule has 0 N–H and O–H groups in total. The van der Waals surface area contributed by atoms with Crippen molar-refractivity contribution >= 4 is 17.9 Å². The summed E-state index contributed by atoms with van der Waals surface area (Å²) < 4.78 is 16.8. The highest BCUT2D eigenvalue weighted by Crippen LogP contribution is 2.14. The van der Waals surface area contributed by atoms with Crippen LogP contribution in [0.3, 0.4) is 0 Å². The van der Waals surface area contributed by atoms with E-state index < -0.39 is 6.10 Å². The minimum atomic E-state index is -0.804. The summed E-state index contributed by atoms with van der Waals surface area (Å²) in [4.78, 5) is 38.1. The van der Waals surface area contributed by atoms with Gasteiger partial charge >= 0.3 is 17.9 Å². The van der Waals surface area contributed by atoms with Gasteiger partial charge in [0.05, 0.1) is 0 Å². The van der Waals surface area contributed by atoms with Gasteiger partial charge in [-0.3, -0.25) is 14.4 Å². The van der Waals surface area contributed by atoms with E-state index in [-0.39, 0.29) is 31.1 Å². The molecule has 0 aromatic heterocycles. The molecule has 0 saturated heterocycles. The highest BCUT2D eigenvalue weighted by molar-refractivity contribution is 5.71. The maximum atomic E-state index is 12.8. The van der Waals surface area contributed by atoms with Crippen LogP contribution in [-0.2, 0) is 28.6 Å². The monoisotopic (exact) mass is 915 g/mol. The van der Waals surface area contributed by atoms with E-state index in [0.29, 0.717) is 19.3 Å². The van der Waals surface area contributed by atoms with Gasteiger partial charge in [-0.1, -0.05) is 226 Å². The van der Waals surface area contributed by atoms with E-state index in [2.05, 4.69) is 93.7 Å². The molecule has 0 amide bonds. The van der Waals surface area contributed by atoms with Crippen molar-refractivity contribution in [1.82, 2.24) is 0 Å². The summed E-state index contributed by atoms with van der Waals surface area (Å²) in [6.07, 6.45) is 72.2. The molecular formula is C60H98O6. The molecule has 0 saturated carbocycles. The summed E-state index contributed by atoms with van der Waals surface area (Å²) in [6.45, 7) is 6.31. The Morgan fingerprint density at radius 2 is 0.667 bits per heavy atom. The van der Waals surface area contributed by atoms with Gasteiger partial charge in [-0.15, -0.1) is 0 Å². The third kappa shape index (κ3) is 51.1. The molecule has 0 spiro atoms. The van der Waals surface area contributed by atoms with Crippen LogP contribution in [0.2, 0.25) is 0 Å². The third-order valence-electron chi connectivity index (χ3n) is 11.1. The zero-order chi connectivity index (χ0) is 47.9. The van der Waals surface area contributed by atoms with Crippen LogP contribution in [0, 0.1) is 0 Å². The van der Waals surface area contributed by atoms with Crippen LogP contribution in [0.15, 0.2) is 109 Å². The Morgan fingerprint density at radius 3 is 1.14 bits per heavy atom. The second kappa shape index (κ2) is 53.7. The third-order valence-corrected chi connectivity index (χ3v) is 11.1. The molecule has 0 heterocycles. The molecule has 66 heavy (non-hydrogen) atoms. The largest absolute Gasteiger partial charge is 0.462 e. The molecule has 1 unspecified atom stereocenters. The van der Waals surface area contributed by atoms with Crippen molar-refractivity contribution in [2.45, 2.75) is 239 Å². The van der Waals surface area contributed by atoms with E-state index in [9.17, 15) is 14.4 Å². The van der Waals surface area contributed by atoms with E-state index in [4.69, 9.17) is 14.2 Å². The number of hydrogen-bond donors (Lipinski definition) is 0. The van der Waals surface area contributed by atoms with Crippen LogP contribution in [0.4, 0.5) is 0 Å². The summed E-state index contributed by atoms with van der Waals surface area (Å²) in [5.74, 6) is -0.960. The van der Waals surface area contributed by atoms with Gasteiger partial charge in [-0.05, 0) is 96.3 Å². The van der Waals surface area contributed by atoms with Gasteiger partial charge < -0.3 is 14.2 Å². The van der Waals surface area contributed by atoms with Gasteiger partial charge in [-0.2, -0.15) is 0 Å². The molecule has 0 aliphatic rings. The lowest BCUT2D eigenvalue weighted by molar-refractivity contribution is -0.167. The Morgan fingerprint density at radius 1 is 0.333 bits per heavy atom. The molecule has 0 aliphatic heterocycles. The second-order valence-corrected chi connectivity index (χ2v) is 17.5. The fourth-order valence-electron chi connectivity index (χ4n) is 7.10. The Bertz CT molecular complexity index is 1370. The van der Waals surface area contributed by atoms with Crippen molar-refractivity contribution in [2.75, 3.05) is 13.2 Å². The van der Waals surface area contributed by atoms with Crippen molar-refractivity contribution in [2.24, 2.45) is 0 Å². The predicted molar refractivity (Wildman–Crippen MR) is 283 cm³/mol. The summed E-state index contributed by atoms with van der Waals surface area (Å²) in [7, 11) is 0. The van der Waals surface area contributed by atoms with Gasteiger partial charge in [0.25, 0.3) is 0 Å². The molecular weight excluding hydrogens is 817 g/mol. The van der Waals surface area contributed by atoms with Crippen LogP contribution >= 0.6 is 0 Å². The Labute approximate surface area is 406 Å². The standard InChI is InChI=1S/C60H98O6/c1-4-7-10-13-16-19-22-25-27-29-30-31-33-35-38-41-44-47-50-53-59(62)65-56-57(55-64-58(61)52-49-46-43-40-37-34-24-21-18-15-12-9-6-3)66-60(63)54-51-48-45-42-39-36-32-28-26-23-20-17-14-11-8-5-2/h8-9,11-12,15-22,24-26,28,34,37,57H,4-7,10,13-14,23,27,29-33,35-36,38-56H2,1-3H3/b11-8-,12-9-,18-15-,19-16-,20-17-,24-21-,25-22-,28-26-,37-34-. The lowest BCUT2D eigenvalue weighted by Gasteiger charge is -2.18. The lowest BCUT2D eigenvalue weighted by Crippen LogP contribution is -2.30. The quantitative estimate of drug-likeness (QED) is 0.0199. The van der Waals surface area contributed by atoms with Gasteiger partial charge in [0.1, 0.15) is 13.2 Å². The first-order valence-electron chi connectivity index (χ1n) is 27.0. The number of allylic oxidation sites excluding steroid dienone is 18. The molecule has 6 nitrogen and oxygen atoms in total. The first-order valence-corrected chi connectivity index (χ1v) is 27.0. The van der Waals surface area contributed by atoms with Gasteiger partial charge in [0.2, 0.25) is 0 Å². The van der Waals surface area contributed by atoms with Crippen LogP contribution in [0.25, 0.3) is 0 Å². The second-order valence-electron chi connectivity index (χ2n) is 17.5. The highest BCUT2D eigenvalue weighted by Gasteiger charge is 2.19. The van der Waals surface area contributed by atoms with E-state index in [0.717, 1.165) is 103 Å². The number of ether oxygens (including phenoxy) is 3. The van der Waals surface area contributed by atoms with Crippen molar-refractivity contribution < 1.29 is 28.6 Å². The van der Waals surface area contributed by atoms with E-state index in [1.54, 1.807) is 0 Å². The minimum Gasteiger partial charge on any atom is -0.462 e. The smallest absolute Gasteiger partial charge is 0.306 e. The molecule has 0 rings (SSSR count). The molecule has 6 heteroatoms. The van der Waals surface area contributed by atoms with E-state index >= 15 is 0 Å². The van der Waals surface area contributed by atoms with Gasteiger partial charge in [0, 0.05) is 19.3 Å². The Kier molecular flexibility index (Phi) is 50.5. The number of unbranched alkanes of at least 4 members (excludes halogenated alkanes) is 22. The molecule has 0 aromatic rings. The average molecular weight is 915 g/mol. The first-order chi connectivity index (χ1) is 32.5. The molecule has 0 bridgehead atoms. The predicted octanol–water partition coefficient (Wildman–Crippen LogP) is 17.9. The van der Waals surface area contributed by atoms with Crippen molar-refractivity contribution in [3.8, 4) is 0 Å². The summed E-state index contributed by atoms with van der Waals surface area (Å²) in [5, 5.41) is 0. The van der Waals surface area contributed by atoms with E-state index in [1.165, 1.54) is 89.9 Å². The van der Waals surface area contributed by atoms with Crippen LogP contribution in [0.1, 0.15) is 233 Å². The molecule has 0 radical (unpaired) electrons. The number of esters is 3. The Hall–Kier alpha value is -3.93. The minimum absolute atomic E-state index is 0.0998. The van der Waals surface area contributed by atoms with Crippen molar-refractivity contribution in [3.63, 3.8) is 0 Å². The number of rotatable bonds is 47. The van der Waals surface area contributed by atoms with Gasteiger partial charge in [0.15, 0.2) is 6.10 Å². The number of hydrogen-bond acceptors (Lipinski definition) is 6. The van der Waals surface area contributed by atoms with Crippen LogP contribution in [-0.4, -0.2) is 37.2 Å². The normalized spacial score (nSPS) is 13.0. The topological polar surface area (TPSA) is 78.9 Å². The molecule has 374 valence electrons. The summed E-state index contributed by atoms with van der Waals surface area (Å²) in [5.41, 5.74) is 0. The highest BCUT2D eigenvalue weighted by atomic mass is 16.6. The zero-order valence-corrected chi connectivity index (χ0v) is 42.7. The fraction of sp³-hybridized carbons (Fsp3) is 0.650. The SMILES string of the molecule is CC\C=C/C=C\C=C/C=C\CCCCCC(=O)OCC(COC(=O)CCCCCCCCCCCC/C=C\C=C/CCCCC)OC(=O)CCCCCCCC/C=C\C/C=C\C/C=C\CC. The maximum absolute atomic E-state index is 12.8. The van der Waals surface area contributed by atoms with Crippen molar-refractivity contribution in [3.05, 3.63) is 109 Å². The average Bonchev–Trinajstić information content (AvgIpc) is 3.31. The first kappa shape index (κ1) is 62.1.